The molecule has 4 heteroatoms. The van der Waals surface area contributed by atoms with Gasteiger partial charge in [-0.25, -0.2) is 0 Å². The highest BCUT2D eigenvalue weighted by Gasteiger charge is 2.27. The van der Waals surface area contributed by atoms with Crippen LogP contribution in [0, 0.1) is 5.41 Å². The maximum Gasteiger partial charge on any atom is 0.127 e. The molecule has 110 valence electrons. The molecule has 0 N–H and O–H groups in total. The number of hydrogen-bond acceptors (Lipinski definition) is 3. The summed E-state index contributed by atoms with van der Waals surface area (Å²) in [5.41, 5.74) is 0.976. The molecule has 0 spiro atoms. The van der Waals surface area contributed by atoms with Gasteiger partial charge in [0.2, 0.25) is 0 Å². The van der Waals surface area contributed by atoms with E-state index in [4.69, 9.17) is 11.6 Å². The molecule has 1 fully saturated rings. The smallest absolute Gasteiger partial charge is 0.127 e. The van der Waals surface area contributed by atoms with Crippen LogP contribution in [0.2, 0.25) is 5.02 Å². The Kier molecular flexibility index (Phi) is 5.06. The highest BCUT2D eigenvalue weighted by Crippen LogP contribution is 2.23. The van der Waals surface area contributed by atoms with Crippen molar-refractivity contribution < 1.29 is 4.79 Å². The molecule has 20 heavy (non-hydrogen) atoms. The first-order valence-electron chi connectivity index (χ1n) is 7.25. The molecule has 1 atom stereocenters. The molecule has 1 aromatic rings. The number of rotatable bonds is 5. The zero-order valence-electron chi connectivity index (χ0n) is 12.3. The SMILES string of the molecule is CCC(C)(C=O)CN1CCN(c2cccc(Cl)c2)CC1. The molecule has 0 saturated carbocycles. The lowest BCUT2D eigenvalue weighted by Crippen LogP contribution is -2.49. The Morgan fingerprint density at radius 2 is 2.00 bits per heavy atom. The van der Waals surface area contributed by atoms with E-state index in [1.165, 1.54) is 5.69 Å². The quantitative estimate of drug-likeness (QED) is 0.780. The largest absolute Gasteiger partial charge is 0.369 e. The van der Waals surface area contributed by atoms with Crippen LogP contribution < -0.4 is 4.90 Å². The number of carbonyl (C=O) groups is 1. The minimum atomic E-state index is -0.210. The van der Waals surface area contributed by atoms with Crippen molar-refractivity contribution in [1.82, 2.24) is 4.90 Å². The van der Waals surface area contributed by atoms with Gasteiger partial charge in [-0.2, -0.15) is 0 Å². The Morgan fingerprint density at radius 1 is 1.30 bits per heavy atom. The second kappa shape index (κ2) is 6.59. The molecule has 0 aliphatic carbocycles. The molecule has 2 rings (SSSR count). The fraction of sp³-hybridized carbons (Fsp3) is 0.562. The summed E-state index contributed by atoms with van der Waals surface area (Å²) in [7, 11) is 0. The zero-order valence-corrected chi connectivity index (χ0v) is 13.1. The predicted octanol–water partition coefficient (Wildman–Crippen LogP) is 3.08. The molecule has 0 bridgehead atoms. The average molecular weight is 295 g/mol. The van der Waals surface area contributed by atoms with Crippen molar-refractivity contribution in [1.29, 1.82) is 0 Å². The molecule has 1 aliphatic rings. The number of piperazine rings is 1. The van der Waals surface area contributed by atoms with Gasteiger partial charge in [-0.1, -0.05) is 31.5 Å². The Labute approximate surface area is 126 Å². The normalized spacial score (nSPS) is 19.6. The van der Waals surface area contributed by atoms with Gasteiger partial charge in [0.25, 0.3) is 0 Å². The maximum atomic E-state index is 11.2. The molecular formula is C16H23ClN2O. The Morgan fingerprint density at radius 3 is 2.55 bits per heavy atom. The van der Waals surface area contributed by atoms with Crippen LogP contribution in [0.15, 0.2) is 24.3 Å². The van der Waals surface area contributed by atoms with Crippen LogP contribution in [0.5, 0.6) is 0 Å². The van der Waals surface area contributed by atoms with Crippen molar-refractivity contribution in [3.63, 3.8) is 0 Å². The predicted molar refractivity (Wildman–Crippen MR) is 84.6 cm³/mol. The zero-order chi connectivity index (χ0) is 14.6. The summed E-state index contributed by atoms with van der Waals surface area (Å²) in [6, 6.07) is 8.00. The lowest BCUT2D eigenvalue weighted by molar-refractivity contribution is -0.116. The second-order valence-electron chi connectivity index (χ2n) is 5.87. The minimum absolute atomic E-state index is 0.210. The summed E-state index contributed by atoms with van der Waals surface area (Å²) >= 11 is 6.04. The summed E-state index contributed by atoms with van der Waals surface area (Å²) in [5, 5.41) is 0.782. The number of hydrogen-bond donors (Lipinski definition) is 0. The molecule has 0 amide bonds. The van der Waals surface area contributed by atoms with Gasteiger partial charge in [0.15, 0.2) is 0 Å². The summed E-state index contributed by atoms with van der Waals surface area (Å²) in [4.78, 5) is 15.9. The van der Waals surface area contributed by atoms with E-state index < -0.39 is 0 Å². The highest BCUT2D eigenvalue weighted by molar-refractivity contribution is 6.30. The number of carbonyl (C=O) groups excluding carboxylic acids is 1. The van der Waals surface area contributed by atoms with Gasteiger partial charge < -0.3 is 9.69 Å². The Balaban J connectivity index is 1.91. The third-order valence-corrected chi connectivity index (χ3v) is 4.46. The molecule has 0 radical (unpaired) electrons. The van der Waals surface area contributed by atoms with Crippen LogP contribution in [-0.4, -0.2) is 43.9 Å². The van der Waals surface area contributed by atoms with E-state index in [1.54, 1.807) is 0 Å². The summed E-state index contributed by atoms with van der Waals surface area (Å²) < 4.78 is 0. The number of halogens is 1. The van der Waals surface area contributed by atoms with E-state index >= 15 is 0 Å². The van der Waals surface area contributed by atoms with Crippen molar-refractivity contribution in [2.24, 2.45) is 5.41 Å². The van der Waals surface area contributed by atoms with Gasteiger partial charge in [-0.05, 0) is 24.6 Å². The number of benzene rings is 1. The molecule has 1 heterocycles. The van der Waals surface area contributed by atoms with E-state index in [0.717, 1.165) is 50.5 Å². The standard InChI is InChI=1S/C16H23ClN2O/c1-3-16(2,13-20)12-18-7-9-19(10-8-18)15-6-4-5-14(17)11-15/h4-6,11,13H,3,7-10,12H2,1-2H3. The van der Waals surface area contributed by atoms with Gasteiger partial charge >= 0.3 is 0 Å². The minimum Gasteiger partial charge on any atom is -0.369 e. The average Bonchev–Trinajstić information content (AvgIpc) is 2.48. The molecule has 1 aromatic carbocycles. The van der Waals surface area contributed by atoms with Crippen molar-refractivity contribution in [2.75, 3.05) is 37.6 Å². The van der Waals surface area contributed by atoms with Crippen LogP contribution in [0.4, 0.5) is 5.69 Å². The van der Waals surface area contributed by atoms with Crippen LogP contribution >= 0.6 is 11.6 Å². The third-order valence-electron chi connectivity index (χ3n) is 4.22. The summed E-state index contributed by atoms with van der Waals surface area (Å²) in [5.74, 6) is 0. The first kappa shape index (κ1) is 15.3. The van der Waals surface area contributed by atoms with Gasteiger partial charge in [0.1, 0.15) is 6.29 Å². The highest BCUT2D eigenvalue weighted by atomic mass is 35.5. The topological polar surface area (TPSA) is 23.6 Å². The van der Waals surface area contributed by atoms with Crippen molar-refractivity contribution in [2.45, 2.75) is 20.3 Å². The lowest BCUT2D eigenvalue weighted by atomic mass is 9.88. The first-order valence-corrected chi connectivity index (χ1v) is 7.63. The van der Waals surface area contributed by atoms with Crippen molar-refractivity contribution in [3.05, 3.63) is 29.3 Å². The Bertz CT molecular complexity index is 458. The van der Waals surface area contributed by atoms with Gasteiger partial charge in [-0.15, -0.1) is 0 Å². The number of anilines is 1. The van der Waals surface area contributed by atoms with Gasteiger partial charge in [0.05, 0.1) is 0 Å². The van der Waals surface area contributed by atoms with Gasteiger partial charge in [-0.3, -0.25) is 4.90 Å². The Hall–Kier alpha value is -1.06. The van der Waals surface area contributed by atoms with Crippen LogP contribution in [0.1, 0.15) is 20.3 Å². The van der Waals surface area contributed by atoms with E-state index in [0.29, 0.717) is 0 Å². The molecule has 3 nitrogen and oxygen atoms in total. The van der Waals surface area contributed by atoms with Gasteiger partial charge in [0, 0.05) is 48.8 Å². The molecular weight excluding hydrogens is 272 g/mol. The monoisotopic (exact) mass is 294 g/mol. The van der Waals surface area contributed by atoms with Crippen LogP contribution in [-0.2, 0) is 4.79 Å². The van der Waals surface area contributed by atoms with Crippen molar-refractivity contribution in [3.8, 4) is 0 Å². The number of nitrogens with zero attached hydrogens (tertiary/aromatic N) is 2. The fourth-order valence-electron chi connectivity index (χ4n) is 2.58. The van der Waals surface area contributed by atoms with E-state index in [1.807, 2.05) is 25.1 Å². The second-order valence-corrected chi connectivity index (χ2v) is 6.30. The maximum absolute atomic E-state index is 11.2. The third kappa shape index (κ3) is 3.74. The lowest BCUT2D eigenvalue weighted by Gasteiger charge is -2.39. The molecule has 0 aromatic heterocycles. The molecule has 1 aliphatic heterocycles. The van der Waals surface area contributed by atoms with Crippen molar-refractivity contribution >= 4 is 23.6 Å². The molecule has 1 unspecified atom stereocenters. The van der Waals surface area contributed by atoms with E-state index in [2.05, 4.69) is 22.8 Å². The van der Waals surface area contributed by atoms with Crippen LogP contribution in [0.25, 0.3) is 0 Å². The molecule has 1 saturated heterocycles. The van der Waals surface area contributed by atoms with E-state index in [9.17, 15) is 4.79 Å². The van der Waals surface area contributed by atoms with E-state index in [-0.39, 0.29) is 5.41 Å². The fourth-order valence-corrected chi connectivity index (χ4v) is 2.76. The van der Waals surface area contributed by atoms with Crippen LogP contribution in [0.3, 0.4) is 0 Å². The first-order chi connectivity index (χ1) is 9.56. The summed E-state index contributed by atoms with van der Waals surface area (Å²) in [6.45, 7) is 8.94. The summed E-state index contributed by atoms with van der Waals surface area (Å²) in [6.07, 6.45) is 2.00. The number of aldehydes is 1.